The zero-order chi connectivity index (χ0) is 20.3. The van der Waals surface area contributed by atoms with E-state index >= 15 is 0 Å². The fourth-order valence-corrected chi connectivity index (χ4v) is 2.71. The van der Waals surface area contributed by atoms with E-state index in [1.807, 2.05) is 0 Å². The van der Waals surface area contributed by atoms with Crippen LogP contribution >= 0.6 is 0 Å². The Balaban J connectivity index is 4.15. The highest BCUT2D eigenvalue weighted by atomic mass is 16.5. The monoisotopic (exact) mass is 386 g/mol. The molecule has 0 aromatic heterocycles. The van der Waals surface area contributed by atoms with E-state index in [0.717, 1.165) is 38.5 Å². The summed E-state index contributed by atoms with van der Waals surface area (Å²) in [6, 6.07) is 0. The van der Waals surface area contributed by atoms with Gasteiger partial charge in [-0.3, -0.25) is 14.4 Å². The molecular weight excluding hydrogens is 348 g/mol. The van der Waals surface area contributed by atoms with Gasteiger partial charge in [-0.1, -0.05) is 52.4 Å². The molecule has 6 nitrogen and oxygen atoms in total. The molecule has 27 heavy (non-hydrogen) atoms. The minimum Gasteiger partial charge on any atom is -0.481 e. The van der Waals surface area contributed by atoms with Gasteiger partial charge >= 0.3 is 17.9 Å². The highest BCUT2D eigenvalue weighted by Gasteiger charge is 2.15. The van der Waals surface area contributed by atoms with Crippen molar-refractivity contribution in [1.29, 1.82) is 0 Å². The van der Waals surface area contributed by atoms with Crippen molar-refractivity contribution in [2.45, 2.75) is 97.3 Å². The average Bonchev–Trinajstić information content (AvgIpc) is 2.63. The van der Waals surface area contributed by atoms with Crippen molar-refractivity contribution in [1.82, 2.24) is 0 Å². The molecule has 1 atom stereocenters. The summed E-state index contributed by atoms with van der Waals surface area (Å²) in [5.74, 6) is -1.48. The Hall–Kier alpha value is -1.59. The third-order valence-electron chi connectivity index (χ3n) is 4.43. The Kier molecular flexibility index (Phi) is 16.8. The second-order valence-electron chi connectivity index (χ2n) is 7.14. The predicted octanol–water partition coefficient (Wildman–Crippen LogP) is 4.88. The molecule has 1 N–H and O–H groups in total. The highest BCUT2D eigenvalue weighted by Crippen LogP contribution is 2.13. The van der Waals surface area contributed by atoms with Crippen LogP contribution in [-0.4, -0.2) is 36.2 Å². The van der Waals surface area contributed by atoms with Gasteiger partial charge in [0.15, 0.2) is 0 Å². The Morgan fingerprint density at radius 2 is 1.19 bits per heavy atom. The van der Waals surface area contributed by atoms with Crippen LogP contribution in [0.25, 0.3) is 0 Å². The van der Waals surface area contributed by atoms with Crippen LogP contribution in [0, 0.1) is 5.92 Å². The van der Waals surface area contributed by atoms with Crippen LogP contribution in [0.15, 0.2) is 0 Å². The lowest BCUT2D eigenvalue weighted by atomic mass is 10.0. The molecule has 0 aliphatic carbocycles. The third-order valence-corrected chi connectivity index (χ3v) is 4.43. The smallest absolute Gasteiger partial charge is 0.305 e. The Bertz CT molecular complexity index is 407. The first-order valence-corrected chi connectivity index (χ1v) is 10.5. The second-order valence-corrected chi connectivity index (χ2v) is 7.14. The van der Waals surface area contributed by atoms with Crippen molar-refractivity contribution in [3.8, 4) is 0 Å². The summed E-state index contributed by atoms with van der Waals surface area (Å²) < 4.78 is 10.6. The van der Waals surface area contributed by atoms with Crippen LogP contribution in [0.5, 0.6) is 0 Å². The number of carboxylic acid groups (broad SMARTS) is 1. The first-order valence-electron chi connectivity index (χ1n) is 10.5. The topological polar surface area (TPSA) is 89.9 Å². The van der Waals surface area contributed by atoms with E-state index in [2.05, 4.69) is 13.8 Å². The Morgan fingerprint density at radius 3 is 1.70 bits per heavy atom. The molecule has 0 saturated carbocycles. The van der Waals surface area contributed by atoms with Crippen molar-refractivity contribution in [3.63, 3.8) is 0 Å². The van der Waals surface area contributed by atoms with E-state index in [1.165, 1.54) is 12.8 Å². The number of esters is 2. The molecule has 6 heteroatoms. The van der Waals surface area contributed by atoms with Gasteiger partial charge in [0, 0.05) is 25.2 Å². The van der Waals surface area contributed by atoms with Gasteiger partial charge in [-0.15, -0.1) is 0 Å². The largest absolute Gasteiger partial charge is 0.481 e. The molecule has 0 rings (SSSR count). The number of carboxylic acids is 1. The van der Waals surface area contributed by atoms with E-state index in [1.54, 1.807) is 0 Å². The lowest BCUT2D eigenvalue weighted by Gasteiger charge is -2.17. The number of aliphatic carboxylic acids is 1. The number of carbonyl (C=O) groups excluding carboxylic acids is 2. The van der Waals surface area contributed by atoms with E-state index < -0.39 is 5.97 Å². The summed E-state index contributed by atoms with van der Waals surface area (Å²) >= 11 is 0. The fraction of sp³-hybridized carbons (Fsp3) is 0.857. The molecule has 0 spiro atoms. The maximum absolute atomic E-state index is 11.9. The fourth-order valence-electron chi connectivity index (χ4n) is 2.71. The van der Waals surface area contributed by atoms with E-state index in [-0.39, 0.29) is 37.5 Å². The Morgan fingerprint density at radius 1 is 0.704 bits per heavy atom. The van der Waals surface area contributed by atoms with Crippen molar-refractivity contribution in [3.05, 3.63) is 0 Å². The number of hydrogen-bond acceptors (Lipinski definition) is 5. The molecule has 0 saturated heterocycles. The SMILES string of the molecule is CCCCCCCC(=O)OCC(CCCC(=O)O)COC(=O)CCCCC. The molecule has 0 aliphatic heterocycles. The van der Waals surface area contributed by atoms with Crippen molar-refractivity contribution in [2.75, 3.05) is 13.2 Å². The van der Waals surface area contributed by atoms with Gasteiger partial charge in [0.1, 0.15) is 0 Å². The number of rotatable bonds is 18. The summed E-state index contributed by atoms with van der Waals surface area (Å²) in [6.07, 6.45) is 10.1. The highest BCUT2D eigenvalue weighted by molar-refractivity contribution is 5.69. The summed E-state index contributed by atoms with van der Waals surface area (Å²) in [4.78, 5) is 34.3. The van der Waals surface area contributed by atoms with Crippen LogP contribution in [0.3, 0.4) is 0 Å². The molecule has 0 fully saturated rings. The number of ether oxygens (including phenoxy) is 2. The van der Waals surface area contributed by atoms with Gasteiger partial charge in [-0.05, 0) is 25.7 Å². The molecule has 0 radical (unpaired) electrons. The van der Waals surface area contributed by atoms with Crippen LogP contribution in [0.2, 0.25) is 0 Å². The molecule has 0 aromatic carbocycles. The van der Waals surface area contributed by atoms with Crippen LogP contribution in [-0.2, 0) is 23.9 Å². The standard InChI is InChI=1S/C21H38O6/c1-3-5-7-8-10-15-21(25)27-17-18(12-11-13-19(22)23)16-26-20(24)14-9-6-4-2/h18H,3-17H2,1-2H3,(H,22,23). The zero-order valence-corrected chi connectivity index (χ0v) is 17.2. The minimum atomic E-state index is -0.852. The van der Waals surface area contributed by atoms with E-state index in [0.29, 0.717) is 25.7 Å². The normalized spacial score (nSPS) is 11.8. The summed E-state index contributed by atoms with van der Waals surface area (Å²) in [5.41, 5.74) is 0. The lowest BCUT2D eigenvalue weighted by molar-refractivity contribution is -0.149. The van der Waals surface area contributed by atoms with Gasteiger partial charge in [0.25, 0.3) is 0 Å². The maximum atomic E-state index is 11.9. The zero-order valence-electron chi connectivity index (χ0n) is 17.2. The van der Waals surface area contributed by atoms with Crippen LogP contribution in [0.1, 0.15) is 97.3 Å². The second kappa shape index (κ2) is 17.8. The quantitative estimate of drug-likeness (QED) is 0.267. The molecule has 0 aromatic rings. The van der Waals surface area contributed by atoms with Gasteiger partial charge in [0.2, 0.25) is 0 Å². The first kappa shape index (κ1) is 25.4. The van der Waals surface area contributed by atoms with Gasteiger partial charge in [-0.25, -0.2) is 0 Å². The predicted molar refractivity (Wildman–Crippen MR) is 104 cm³/mol. The molecule has 0 amide bonds. The average molecular weight is 387 g/mol. The van der Waals surface area contributed by atoms with Gasteiger partial charge in [0.05, 0.1) is 13.2 Å². The number of unbranched alkanes of at least 4 members (excludes halogenated alkanes) is 6. The van der Waals surface area contributed by atoms with Crippen molar-refractivity contribution < 1.29 is 29.0 Å². The summed E-state index contributed by atoms with van der Waals surface area (Å²) in [6.45, 7) is 4.57. The first-order chi connectivity index (χ1) is 13.0. The molecular formula is C21H38O6. The molecule has 0 bridgehead atoms. The van der Waals surface area contributed by atoms with E-state index in [4.69, 9.17) is 14.6 Å². The molecule has 1 unspecified atom stereocenters. The number of carbonyl (C=O) groups is 3. The van der Waals surface area contributed by atoms with Crippen LogP contribution < -0.4 is 0 Å². The number of hydrogen-bond donors (Lipinski definition) is 1. The lowest BCUT2D eigenvalue weighted by Crippen LogP contribution is -2.21. The maximum Gasteiger partial charge on any atom is 0.305 e. The van der Waals surface area contributed by atoms with E-state index in [9.17, 15) is 14.4 Å². The van der Waals surface area contributed by atoms with Gasteiger partial charge in [-0.2, -0.15) is 0 Å². The third kappa shape index (κ3) is 17.6. The molecule has 0 heterocycles. The molecule has 158 valence electrons. The minimum absolute atomic E-state index is 0.0618. The molecule has 0 aliphatic rings. The van der Waals surface area contributed by atoms with Gasteiger partial charge < -0.3 is 14.6 Å². The van der Waals surface area contributed by atoms with Crippen LogP contribution in [0.4, 0.5) is 0 Å². The van der Waals surface area contributed by atoms with Crippen molar-refractivity contribution in [2.24, 2.45) is 5.92 Å². The summed E-state index contributed by atoms with van der Waals surface area (Å²) in [5, 5.41) is 8.77. The Labute approximate surface area is 164 Å². The van der Waals surface area contributed by atoms with Crippen molar-refractivity contribution >= 4 is 17.9 Å². The summed E-state index contributed by atoms with van der Waals surface area (Å²) in [7, 11) is 0.